The molecule has 1 aliphatic heterocycles. The maximum Gasteiger partial charge on any atom is 0.350 e. The molecule has 2 N–H and O–H groups in total. The number of likely N-dealkylation sites (tertiary alicyclic amines) is 1. The molecule has 0 radical (unpaired) electrons. The Morgan fingerprint density at radius 1 is 1.12 bits per heavy atom. The number of carbonyl (C=O) groups is 1. The average molecular weight is 351 g/mol. The molecule has 2 atom stereocenters. The number of pyridine rings is 1. The zero-order valence-electron chi connectivity index (χ0n) is 14.4. The van der Waals surface area contributed by atoms with Gasteiger partial charge in [-0.25, -0.2) is 9.48 Å². The average Bonchev–Trinajstić information content (AvgIpc) is 3.25. The highest BCUT2D eigenvalue weighted by Gasteiger charge is 2.35. The quantitative estimate of drug-likeness (QED) is 0.750. The maximum absolute atomic E-state index is 12.8. The first-order chi connectivity index (χ1) is 12.7. The van der Waals surface area contributed by atoms with Crippen LogP contribution in [0.15, 0.2) is 59.5 Å². The minimum Gasteiger partial charge on any atom is -0.340 e. The molecule has 3 heterocycles. The van der Waals surface area contributed by atoms with Gasteiger partial charge >= 0.3 is 5.69 Å². The molecule has 2 aromatic heterocycles. The van der Waals surface area contributed by atoms with Gasteiger partial charge in [-0.05, 0) is 30.2 Å². The molecule has 0 unspecified atom stereocenters. The molecule has 3 aromatic rings. The van der Waals surface area contributed by atoms with E-state index >= 15 is 0 Å². The number of rotatable bonds is 4. The van der Waals surface area contributed by atoms with E-state index < -0.39 is 0 Å². The van der Waals surface area contributed by atoms with Crippen molar-refractivity contribution < 1.29 is 4.79 Å². The van der Waals surface area contributed by atoms with E-state index in [4.69, 9.17) is 5.73 Å². The topological polar surface area (TPSA) is 85.6 Å². The van der Waals surface area contributed by atoms with Gasteiger partial charge in [-0.15, -0.1) is 5.10 Å². The van der Waals surface area contributed by atoms with Crippen molar-refractivity contribution in [3.63, 3.8) is 0 Å². The van der Waals surface area contributed by atoms with Crippen LogP contribution < -0.4 is 11.4 Å². The van der Waals surface area contributed by atoms with E-state index in [-0.39, 0.29) is 30.0 Å². The lowest BCUT2D eigenvalue weighted by molar-refractivity contribution is -0.131. The van der Waals surface area contributed by atoms with Gasteiger partial charge in [0.25, 0.3) is 0 Å². The second kappa shape index (κ2) is 6.76. The first-order valence-corrected chi connectivity index (χ1v) is 8.74. The van der Waals surface area contributed by atoms with Gasteiger partial charge in [0.2, 0.25) is 5.91 Å². The first-order valence-electron chi connectivity index (χ1n) is 8.74. The van der Waals surface area contributed by atoms with Crippen LogP contribution in [0.4, 0.5) is 0 Å². The van der Waals surface area contributed by atoms with Crippen LogP contribution in [0.25, 0.3) is 5.65 Å². The van der Waals surface area contributed by atoms with Crippen LogP contribution in [-0.2, 0) is 11.3 Å². The number of nitrogens with two attached hydrogens (primary N) is 1. The molecular formula is C19H21N5O2. The summed E-state index contributed by atoms with van der Waals surface area (Å²) in [6.07, 6.45) is 1.65. The summed E-state index contributed by atoms with van der Waals surface area (Å²) < 4.78 is 2.66. The minimum atomic E-state index is -0.303. The summed E-state index contributed by atoms with van der Waals surface area (Å²) in [4.78, 5) is 26.9. The van der Waals surface area contributed by atoms with E-state index in [1.54, 1.807) is 23.2 Å². The van der Waals surface area contributed by atoms with Gasteiger partial charge in [-0.1, -0.05) is 36.4 Å². The first kappa shape index (κ1) is 16.5. The van der Waals surface area contributed by atoms with Gasteiger partial charge in [0.1, 0.15) is 6.54 Å². The Bertz CT molecular complexity index is 978. The fraction of sp³-hybridized carbons (Fsp3) is 0.316. The smallest absolute Gasteiger partial charge is 0.340 e. The summed E-state index contributed by atoms with van der Waals surface area (Å²) in [6.45, 7) is 1.70. The maximum atomic E-state index is 12.8. The summed E-state index contributed by atoms with van der Waals surface area (Å²) in [5.74, 6) is 0.342. The van der Waals surface area contributed by atoms with Crippen LogP contribution in [0.1, 0.15) is 11.5 Å². The lowest BCUT2D eigenvalue weighted by Crippen LogP contribution is -2.36. The third-order valence-corrected chi connectivity index (χ3v) is 5.10. The summed E-state index contributed by atoms with van der Waals surface area (Å²) in [5, 5.41) is 4.23. The number of fused-ring (bicyclic) bond motifs is 1. The van der Waals surface area contributed by atoms with E-state index in [0.29, 0.717) is 25.3 Å². The molecule has 0 spiro atoms. The van der Waals surface area contributed by atoms with E-state index in [0.717, 1.165) is 0 Å². The molecular weight excluding hydrogens is 330 g/mol. The molecule has 1 amide bonds. The number of amides is 1. The Balaban J connectivity index is 1.53. The fourth-order valence-corrected chi connectivity index (χ4v) is 3.69. The molecule has 0 aliphatic carbocycles. The third-order valence-electron chi connectivity index (χ3n) is 5.10. The van der Waals surface area contributed by atoms with Gasteiger partial charge in [-0.2, -0.15) is 0 Å². The number of nitrogens with zero attached hydrogens (tertiary/aromatic N) is 4. The Morgan fingerprint density at radius 3 is 2.62 bits per heavy atom. The van der Waals surface area contributed by atoms with Crippen LogP contribution >= 0.6 is 0 Å². The number of hydrogen-bond acceptors (Lipinski definition) is 4. The summed E-state index contributed by atoms with van der Waals surface area (Å²) >= 11 is 0. The fourth-order valence-electron chi connectivity index (χ4n) is 3.69. The molecule has 1 saturated heterocycles. The normalized spacial score (nSPS) is 20.0. The molecule has 1 aliphatic rings. The van der Waals surface area contributed by atoms with Gasteiger partial charge in [0.05, 0.1) is 0 Å². The van der Waals surface area contributed by atoms with Crippen molar-refractivity contribution in [1.82, 2.24) is 19.1 Å². The van der Waals surface area contributed by atoms with Gasteiger partial charge in [0, 0.05) is 25.2 Å². The SMILES string of the molecule is NC[C@@H]1CN(C(=O)Cn2nc3ccccn3c2=O)C[C@H]1c1ccccc1. The summed E-state index contributed by atoms with van der Waals surface area (Å²) in [7, 11) is 0. The van der Waals surface area contributed by atoms with Crippen LogP contribution in [0.2, 0.25) is 0 Å². The Morgan fingerprint density at radius 2 is 1.88 bits per heavy atom. The van der Waals surface area contributed by atoms with Crippen molar-refractivity contribution in [2.75, 3.05) is 19.6 Å². The second-order valence-corrected chi connectivity index (χ2v) is 6.68. The van der Waals surface area contributed by atoms with Crippen LogP contribution in [0.3, 0.4) is 0 Å². The third kappa shape index (κ3) is 2.90. The van der Waals surface area contributed by atoms with Crippen LogP contribution in [-0.4, -0.2) is 44.6 Å². The molecule has 0 saturated carbocycles. The molecule has 7 heteroatoms. The molecule has 7 nitrogen and oxygen atoms in total. The highest BCUT2D eigenvalue weighted by molar-refractivity contribution is 5.76. The largest absolute Gasteiger partial charge is 0.350 e. The molecule has 0 bridgehead atoms. The molecule has 26 heavy (non-hydrogen) atoms. The van der Waals surface area contributed by atoms with E-state index in [9.17, 15) is 9.59 Å². The van der Waals surface area contributed by atoms with Gasteiger partial charge in [-0.3, -0.25) is 9.20 Å². The second-order valence-electron chi connectivity index (χ2n) is 6.68. The molecule has 1 fully saturated rings. The lowest BCUT2D eigenvalue weighted by Gasteiger charge is -2.16. The zero-order chi connectivity index (χ0) is 18.1. The zero-order valence-corrected chi connectivity index (χ0v) is 14.4. The summed E-state index contributed by atoms with van der Waals surface area (Å²) in [5.41, 5.74) is 7.37. The highest BCUT2D eigenvalue weighted by Crippen LogP contribution is 2.32. The van der Waals surface area contributed by atoms with Crippen molar-refractivity contribution in [2.45, 2.75) is 12.5 Å². The standard InChI is InChI=1S/C19H21N5O2/c20-10-15-11-22(12-16(15)14-6-2-1-3-7-14)18(25)13-24-19(26)23-9-5-4-8-17(23)21-24/h1-9,15-16H,10-13,20H2/t15-,16+/m1/s1. The van der Waals surface area contributed by atoms with Crippen LogP contribution in [0, 0.1) is 5.92 Å². The van der Waals surface area contributed by atoms with Crippen molar-refractivity contribution in [2.24, 2.45) is 11.7 Å². The highest BCUT2D eigenvalue weighted by atomic mass is 16.2. The van der Waals surface area contributed by atoms with E-state index in [2.05, 4.69) is 17.2 Å². The Kier molecular flexibility index (Phi) is 4.30. The summed E-state index contributed by atoms with van der Waals surface area (Å²) in [6, 6.07) is 15.5. The number of carbonyl (C=O) groups excluding carboxylic acids is 1. The lowest BCUT2D eigenvalue weighted by atomic mass is 9.89. The minimum absolute atomic E-state index is 0.0562. The van der Waals surface area contributed by atoms with Crippen molar-refractivity contribution in [3.8, 4) is 0 Å². The van der Waals surface area contributed by atoms with Crippen molar-refractivity contribution in [3.05, 3.63) is 70.8 Å². The Labute approximate surface area is 150 Å². The monoisotopic (exact) mass is 351 g/mol. The van der Waals surface area contributed by atoms with Gasteiger partial charge < -0.3 is 10.6 Å². The number of benzene rings is 1. The predicted octanol–water partition coefficient (Wildman–Crippen LogP) is 0.697. The van der Waals surface area contributed by atoms with E-state index in [1.165, 1.54) is 14.6 Å². The Hall–Kier alpha value is -2.93. The number of aromatic nitrogens is 3. The van der Waals surface area contributed by atoms with Gasteiger partial charge in [0.15, 0.2) is 5.65 Å². The predicted molar refractivity (Wildman–Crippen MR) is 97.8 cm³/mol. The number of hydrogen-bond donors (Lipinski definition) is 1. The van der Waals surface area contributed by atoms with Crippen LogP contribution in [0.5, 0.6) is 0 Å². The molecule has 1 aromatic carbocycles. The molecule has 134 valence electrons. The van der Waals surface area contributed by atoms with Crippen molar-refractivity contribution >= 4 is 11.6 Å². The van der Waals surface area contributed by atoms with Crippen molar-refractivity contribution in [1.29, 1.82) is 0 Å². The molecule has 4 rings (SSSR count). The van der Waals surface area contributed by atoms with E-state index in [1.807, 2.05) is 24.3 Å².